The van der Waals surface area contributed by atoms with E-state index in [0.717, 1.165) is 6.07 Å². The maximum atomic E-state index is 13.1. The Labute approximate surface area is 148 Å². The lowest BCUT2D eigenvalue weighted by molar-refractivity contribution is -0.137. The third kappa shape index (κ3) is 3.64. The largest absolute Gasteiger partial charge is 0.481 e. The Morgan fingerprint density at radius 3 is 2.42 bits per heavy atom. The van der Waals surface area contributed by atoms with Crippen molar-refractivity contribution in [3.8, 4) is 11.9 Å². The molecule has 1 aliphatic heterocycles. The molecule has 1 aliphatic rings. The van der Waals surface area contributed by atoms with Gasteiger partial charge in [-0.05, 0) is 18.2 Å². The minimum Gasteiger partial charge on any atom is -0.481 e. The molecule has 0 aliphatic carbocycles. The van der Waals surface area contributed by atoms with Crippen LogP contribution < -0.4 is 14.5 Å². The second-order valence-electron chi connectivity index (χ2n) is 5.71. The van der Waals surface area contributed by atoms with Gasteiger partial charge in [0.2, 0.25) is 11.8 Å². The third-order valence-electron chi connectivity index (χ3n) is 4.18. The van der Waals surface area contributed by atoms with Crippen LogP contribution in [0.2, 0.25) is 0 Å². The van der Waals surface area contributed by atoms with Crippen LogP contribution in [0.5, 0.6) is 5.88 Å². The van der Waals surface area contributed by atoms with Crippen molar-refractivity contribution >= 4 is 11.6 Å². The van der Waals surface area contributed by atoms with Gasteiger partial charge in [-0.15, -0.1) is 0 Å². The van der Waals surface area contributed by atoms with Gasteiger partial charge in [-0.1, -0.05) is 0 Å². The van der Waals surface area contributed by atoms with Crippen LogP contribution in [0.3, 0.4) is 0 Å². The summed E-state index contributed by atoms with van der Waals surface area (Å²) in [5.41, 5.74) is -0.830. The van der Waals surface area contributed by atoms with E-state index in [4.69, 9.17) is 10.00 Å². The quantitative estimate of drug-likeness (QED) is 0.835. The number of rotatable bonds is 3. The first-order chi connectivity index (χ1) is 12.4. The van der Waals surface area contributed by atoms with Crippen molar-refractivity contribution in [3.05, 3.63) is 41.6 Å². The molecular weight excluding hydrogens is 347 g/mol. The summed E-state index contributed by atoms with van der Waals surface area (Å²) in [5.74, 6) is 0.985. The fourth-order valence-electron chi connectivity index (χ4n) is 2.82. The van der Waals surface area contributed by atoms with Crippen molar-refractivity contribution in [2.24, 2.45) is 0 Å². The zero-order valence-electron chi connectivity index (χ0n) is 14.0. The van der Waals surface area contributed by atoms with Crippen LogP contribution in [-0.4, -0.2) is 43.3 Å². The monoisotopic (exact) mass is 363 g/mol. The number of piperazine rings is 1. The Morgan fingerprint density at radius 1 is 1.12 bits per heavy atom. The molecule has 2 heterocycles. The molecule has 1 aromatic heterocycles. The molecule has 0 N–H and O–H groups in total. The van der Waals surface area contributed by atoms with E-state index in [1.54, 1.807) is 24.4 Å². The summed E-state index contributed by atoms with van der Waals surface area (Å²) in [6.45, 7) is 2.16. The summed E-state index contributed by atoms with van der Waals surface area (Å²) < 4.78 is 44.5. The van der Waals surface area contributed by atoms with Crippen LogP contribution in [0.15, 0.2) is 30.5 Å². The molecule has 0 radical (unpaired) electrons. The van der Waals surface area contributed by atoms with Crippen molar-refractivity contribution < 1.29 is 17.9 Å². The van der Waals surface area contributed by atoms with Gasteiger partial charge in [0.05, 0.1) is 24.3 Å². The van der Waals surface area contributed by atoms with E-state index < -0.39 is 11.7 Å². The van der Waals surface area contributed by atoms with E-state index in [0.29, 0.717) is 43.7 Å². The highest BCUT2D eigenvalue weighted by Gasteiger charge is 2.34. The molecule has 0 unspecified atom stereocenters. The number of nitrogens with zero attached hydrogens (tertiary/aromatic N) is 5. The van der Waals surface area contributed by atoms with Gasteiger partial charge in [-0.3, -0.25) is 0 Å². The maximum absolute atomic E-state index is 13.1. The predicted octanol–water partition coefficient (Wildman–Crippen LogP) is 2.70. The summed E-state index contributed by atoms with van der Waals surface area (Å²) in [6, 6.07) is 7.05. The maximum Gasteiger partial charge on any atom is 0.417 e. The predicted molar refractivity (Wildman–Crippen MR) is 89.2 cm³/mol. The lowest BCUT2D eigenvalue weighted by Gasteiger charge is -2.36. The van der Waals surface area contributed by atoms with Gasteiger partial charge in [0.25, 0.3) is 0 Å². The molecule has 6 nitrogen and oxygen atoms in total. The lowest BCUT2D eigenvalue weighted by atomic mass is 10.1. The molecule has 136 valence electrons. The molecule has 0 amide bonds. The molecule has 0 bridgehead atoms. The molecule has 26 heavy (non-hydrogen) atoms. The number of aromatic nitrogens is 2. The summed E-state index contributed by atoms with van der Waals surface area (Å²) in [4.78, 5) is 12.3. The first-order valence-electron chi connectivity index (χ1n) is 7.90. The number of halogens is 3. The molecular formula is C17H16F3N5O. The average Bonchev–Trinajstić information content (AvgIpc) is 2.67. The Hall–Kier alpha value is -3.02. The van der Waals surface area contributed by atoms with Crippen molar-refractivity contribution in [2.45, 2.75) is 6.18 Å². The smallest absolute Gasteiger partial charge is 0.417 e. The standard InChI is InChI=1S/C17H16F3N5O/c1-26-15-4-5-22-16(23-15)25-8-6-24(7-9-25)13-3-2-12(11-21)14(10-13)17(18,19)20/h2-5,10H,6-9H2,1H3. The van der Waals surface area contributed by atoms with Crippen molar-refractivity contribution in [1.29, 1.82) is 5.26 Å². The SMILES string of the molecule is COc1ccnc(N2CCN(c3ccc(C#N)c(C(F)(F)F)c3)CC2)n1. The highest BCUT2D eigenvalue weighted by atomic mass is 19.4. The van der Waals surface area contributed by atoms with E-state index in [2.05, 4.69) is 9.97 Å². The van der Waals surface area contributed by atoms with E-state index in [1.165, 1.54) is 13.2 Å². The lowest BCUT2D eigenvalue weighted by Crippen LogP contribution is -2.47. The molecule has 3 rings (SSSR count). The van der Waals surface area contributed by atoms with Crippen LogP contribution in [0.1, 0.15) is 11.1 Å². The number of ether oxygens (including phenoxy) is 1. The van der Waals surface area contributed by atoms with Gasteiger partial charge >= 0.3 is 6.18 Å². The number of nitriles is 1. The summed E-state index contributed by atoms with van der Waals surface area (Å²) >= 11 is 0. The molecule has 9 heteroatoms. The van der Waals surface area contributed by atoms with Gasteiger partial charge in [-0.2, -0.15) is 23.4 Å². The fourth-order valence-corrected chi connectivity index (χ4v) is 2.82. The number of hydrogen-bond donors (Lipinski definition) is 0. The minimum atomic E-state index is -4.56. The third-order valence-corrected chi connectivity index (χ3v) is 4.18. The number of anilines is 2. The molecule has 0 atom stereocenters. The van der Waals surface area contributed by atoms with Crippen LogP contribution in [0.25, 0.3) is 0 Å². The normalized spacial score (nSPS) is 14.9. The zero-order chi connectivity index (χ0) is 18.7. The minimum absolute atomic E-state index is 0.371. The molecule has 1 saturated heterocycles. The van der Waals surface area contributed by atoms with Crippen LogP contribution in [0, 0.1) is 11.3 Å². The number of hydrogen-bond acceptors (Lipinski definition) is 6. The van der Waals surface area contributed by atoms with Crippen LogP contribution in [-0.2, 0) is 6.18 Å². The number of alkyl halides is 3. The van der Waals surface area contributed by atoms with Gasteiger partial charge in [-0.25, -0.2) is 4.98 Å². The van der Waals surface area contributed by atoms with Crippen molar-refractivity contribution in [2.75, 3.05) is 43.1 Å². The summed E-state index contributed by atoms with van der Waals surface area (Å²) in [7, 11) is 1.52. The molecule has 2 aromatic rings. The average molecular weight is 363 g/mol. The zero-order valence-corrected chi connectivity index (χ0v) is 14.0. The van der Waals surface area contributed by atoms with Crippen LogP contribution in [0.4, 0.5) is 24.8 Å². The first-order valence-corrected chi connectivity index (χ1v) is 7.90. The van der Waals surface area contributed by atoms with E-state index in [1.807, 2.05) is 9.80 Å². The second kappa shape index (κ2) is 7.07. The Morgan fingerprint density at radius 2 is 1.81 bits per heavy atom. The molecule has 1 fully saturated rings. The van der Waals surface area contributed by atoms with Crippen LogP contribution >= 0.6 is 0 Å². The summed E-state index contributed by atoms with van der Waals surface area (Å²) in [5, 5.41) is 8.89. The molecule has 1 aromatic carbocycles. The Kier molecular flexibility index (Phi) is 4.84. The van der Waals surface area contributed by atoms with Gasteiger partial charge in [0.1, 0.15) is 0 Å². The van der Waals surface area contributed by atoms with Crippen molar-refractivity contribution in [3.63, 3.8) is 0 Å². The Balaban J connectivity index is 1.75. The molecule has 0 saturated carbocycles. The van der Waals surface area contributed by atoms with E-state index >= 15 is 0 Å². The highest BCUT2D eigenvalue weighted by molar-refractivity contribution is 5.55. The van der Waals surface area contributed by atoms with Crippen molar-refractivity contribution in [1.82, 2.24) is 9.97 Å². The first kappa shape index (κ1) is 17.8. The van der Waals surface area contributed by atoms with Gasteiger partial charge < -0.3 is 14.5 Å². The number of benzene rings is 1. The Bertz CT molecular complexity index is 826. The fraction of sp³-hybridized carbons (Fsp3) is 0.353. The van der Waals surface area contributed by atoms with Gasteiger partial charge in [0.15, 0.2) is 0 Å². The number of methoxy groups -OCH3 is 1. The van der Waals surface area contributed by atoms with E-state index in [9.17, 15) is 13.2 Å². The van der Waals surface area contributed by atoms with Gasteiger partial charge in [0, 0.05) is 44.1 Å². The molecule has 0 spiro atoms. The van der Waals surface area contributed by atoms with E-state index in [-0.39, 0.29) is 5.56 Å². The topological polar surface area (TPSA) is 65.3 Å². The summed E-state index contributed by atoms with van der Waals surface area (Å²) in [6.07, 6.45) is -2.96. The second-order valence-corrected chi connectivity index (χ2v) is 5.71. The highest BCUT2D eigenvalue weighted by Crippen LogP contribution is 2.34.